The lowest BCUT2D eigenvalue weighted by atomic mass is 10.3. The lowest BCUT2D eigenvalue weighted by Crippen LogP contribution is -2.07. The summed E-state index contributed by atoms with van der Waals surface area (Å²) in [5.74, 6) is -0.141. The quantitative estimate of drug-likeness (QED) is 0.745. The fourth-order valence-electron chi connectivity index (χ4n) is 1.69. The van der Waals surface area contributed by atoms with Crippen molar-refractivity contribution in [3.05, 3.63) is 12.7 Å². The molecule has 2 rings (SSSR count). The van der Waals surface area contributed by atoms with Crippen LogP contribution in [0.25, 0.3) is 11.2 Å². The van der Waals surface area contributed by atoms with E-state index in [2.05, 4.69) is 20.3 Å². The molecule has 0 spiro atoms. The molecular formula is C11H15N5O2. The van der Waals surface area contributed by atoms with Gasteiger partial charge < -0.3 is 15.0 Å². The summed E-state index contributed by atoms with van der Waals surface area (Å²) in [7, 11) is 0. The minimum atomic E-state index is -0.792. The van der Waals surface area contributed by atoms with Gasteiger partial charge in [0.05, 0.1) is 6.33 Å². The molecule has 7 nitrogen and oxygen atoms in total. The maximum absolute atomic E-state index is 10.4. The molecule has 0 aliphatic heterocycles. The zero-order chi connectivity index (χ0) is 13.0. The predicted molar refractivity (Wildman–Crippen MR) is 66.4 cm³/mol. The highest BCUT2D eigenvalue weighted by Crippen LogP contribution is 2.16. The number of aryl methyl sites for hydroxylation is 1. The first-order valence-electron chi connectivity index (χ1n) is 5.84. The van der Waals surface area contributed by atoms with Gasteiger partial charge in [-0.1, -0.05) is 0 Å². The number of aliphatic carboxylic acids is 1. The maximum atomic E-state index is 10.4. The molecule has 96 valence electrons. The van der Waals surface area contributed by atoms with E-state index in [0.29, 0.717) is 18.8 Å². The van der Waals surface area contributed by atoms with Crippen LogP contribution in [0.1, 0.15) is 19.8 Å². The van der Waals surface area contributed by atoms with Gasteiger partial charge in [-0.25, -0.2) is 15.0 Å². The number of fused-ring (bicyclic) bond motifs is 1. The molecule has 0 bridgehead atoms. The summed E-state index contributed by atoms with van der Waals surface area (Å²) in [6.07, 6.45) is 3.90. The van der Waals surface area contributed by atoms with Gasteiger partial charge in [-0.3, -0.25) is 4.79 Å². The number of imidazole rings is 1. The first-order valence-corrected chi connectivity index (χ1v) is 5.84. The molecular weight excluding hydrogens is 234 g/mol. The molecule has 0 amide bonds. The fraction of sp³-hybridized carbons (Fsp3) is 0.455. The Morgan fingerprint density at radius 1 is 1.44 bits per heavy atom. The summed E-state index contributed by atoms with van der Waals surface area (Å²) in [6, 6.07) is 0. The SMILES string of the molecule is CCn1cnc2c(NCCCC(=O)O)ncnc21. The van der Waals surface area contributed by atoms with Gasteiger partial charge in [0.15, 0.2) is 11.5 Å². The average Bonchev–Trinajstić information content (AvgIpc) is 2.78. The molecule has 0 aliphatic rings. The Kier molecular flexibility index (Phi) is 3.71. The number of rotatable bonds is 6. The van der Waals surface area contributed by atoms with Crippen molar-refractivity contribution >= 4 is 23.0 Å². The molecule has 2 aromatic rings. The van der Waals surface area contributed by atoms with Crippen LogP contribution < -0.4 is 5.32 Å². The van der Waals surface area contributed by atoms with Crippen LogP contribution in [-0.2, 0) is 11.3 Å². The minimum absolute atomic E-state index is 0.143. The third kappa shape index (κ3) is 2.55. The largest absolute Gasteiger partial charge is 0.481 e. The molecule has 2 heterocycles. The lowest BCUT2D eigenvalue weighted by molar-refractivity contribution is -0.137. The third-order valence-electron chi connectivity index (χ3n) is 2.60. The molecule has 0 aliphatic carbocycles. The molecule has 0 fully saturated rings. The van der Waals surface area contributed by atoms with E-state index in [1.165, 1.54) is 6.33 Å². The number of hydrogen-bond donors (Lipinski definition) is 2. The molecule has 0 saturated heterocycles. The van der Waals surface area contributed by atoms with Crippen molar-refractivity contribution in [2.75, 3.05) is 11.9 Å². The van der Waals surface area contributed by atoms with Gasteiger partial charge >= 0.3 is 5.97 Å². The highest BCUT2D eigenvalue weighted by atomic mass is 16.4. The summed E-state index contributed by atoms with van der Waals surface area (Å²) < 4.78 is 1.93. The molecule has 2 N–H and O–H groups in total. The van der Waals surface area contributed by atoms with Gasteiger partial charge in [-0.15, -0.1) is 0 Å². The summed E-state index contributed by atoms with van der Waals surface area (Å²) in [6.45, 7) is 3.37. The fourth-order valence-corrected chi connectivity index (χ4v) is 1.69. The normalized spacial score (nSPS) is 10.7. The van der Waals surface area contributed by atoms with Gasteiger partial charge in [0.25, 0.3) is 0 Å². The Bertz CT molecular complexity index is 551. The Balaban J connectivity index is 2.09. The molecule has 0 aromatic carbocycles. The summed E-state index contributed by atoms with van der Waals surface area (Å²) >= 11 is 0. The molecule has 2 aromatic heterocycles. The van der Waals surface area contributed by atoms with Gasteiger partial charge in [0, 0.05) is 19.5 Å². The van der Waals surface area contributed by atoms with E-state index < -0.39 is 5.97 Å². The second-order valence-corrected chi connectivity index (χ2v) is 3.85. The zero-order valence-corrected chi connectivity index (χ0v) is 10.1. The number of carboxylic acids is 1. The number of nitrogens with one attached hydrogen (secondary N) is 1. The maximum Gasteiger partial charge on any atom is 0.303 e. The van der Waals surface area contributed by atoms with Crippen molar-refractivity contribution < 1.29 is 9.90 Å². The first-order chi connectivity index (χ1) is 8.72. The van der Waals surface area contributed by atoms with E-state index in [4.69, 9.17) is 5.11 Å². The number of carbonyl (C=O) groups is 1. The van der Waals surface area contributed by atoms with E-state index in [1.807, 2.05) is 11.5 Å². The topological polar surface area (TPSA) is 92.9 Å². The Hall–Kier alpha value is -2.18. The van der Waals surface area contributed by atoms with Crippen molar-refractivity contribution in [1.29, 1.82) is 0 Å². The molecule has 7 heteroatoms. The molecule has 0 radical (unpaired) electrons. The molecule has 0 atom stereocenters. The van der Waals surface area contributed by atoms with Gasteiger partial charge in [-0.2, -0.15) is 0 Å². The number of aromatic nitrogens is 4. The average molecular weight is 249 g/mol. The van der Waals surface area contributed by atoms with E-state index >= 15 is 0 Å². The zero-order valence-electron chi connectivity index (χ0n) is 10.1. The van der Waals surface area contributed by atoms with Crippen LogP contribution in [-0.4, -0.2) is 37.1 Å². The first kappa shape index (κ1) is 12.3. The van der Waals surface area contributed by atoms with E-state index in [9.17, 15) is 4.79 Å². The van der Waals surface area contributed by atoms with Crippen molar-refractivity contribution in [1.82, 2.24) is 19.5 Å². The molecule has 0 saturated carbocycles. The van der Waals surface area contributed by atoms with Crippen LogP contribution in [0.5, 0.6) is 0 Å². The van der Waals surface area contributed by atoms with Gasteiger partial charge in [0.1, 0.15) is 11.8 Å². The van der Waals surface area contributed by atoms with Crippen molar-refractivity contribution in [3.8, 4) is 0 Å². The van der Waals surface area contributed by atoms with Crippen LogP contribution in [0.2, 0.25) is 0 Å². The predicted octanol–water partition coefficient (Wildman–Crippen LogP) is 1.12. The van der Waals surface area contributed by atoms with Crippen molar-refractivity contribution in [2.45, 2.75) is 26.3 Å². The standard InChI is InChI=1S/C11H15N5O2/c1-2-16-7-15-9-10(13-6-14-11(9)16)12-5-3-4-8(17)18/h6-7H,2-5H2,1H3,(H,17,18)(H,12,13,14). The smallest absolute Gasteiger partial charge is 0.303 e. The van der Waals surface area contributed by atoms with Crippen LogP contribution >= 0.6 is 0 Å². The highest BCUT2D eigenvalue weighted by Gasteiger charge is 2.08. The summed E-state index contributed by atoms with van der Waals surface area (Å²) in [4.78, 5) is 23.0. The van der Waals surface area contributed by atoms with E-state index in [-0.39, 0.29) is 6.42 Å². The summed E-state index contributed by atoms with van der Waals surface area (Å²) in [5, 5.41) is 11.6. The molecule has 0 unspecified atom stereocenters. The second kappa shape index (κ2) is 5.44. The monoisotopic (exact) mass is 249 g/mol. The Morgan fingerprint density at radius 3 is 3.00 bits per heavy atom. The number of hydrogen-bond acceptors (Lipinski definition) is 5. The van der Waals surface area contributed by atoms with Crippen molar-refractivity contribution in [3.63, 3.8) is 0 Å². The Morgan fingerprint density at radius 2 is 2.28 bits per heavy atom. The summed E-state index contributed by atoms with van der Waals surface area (Å²) in [5.41, 5.74) is 1.50. The highest BCUT2D eigenvalue weighted by molar-refractivity contribution is 5.82. The lowest BCUT2D eigenvalue weighted by Gasteiger charge is -2.05. The number of anilines is 1. The van der Waals surface area contributed by atoms with Gasteiger partial charge in [0.2, 0.25) is 0 Å². The molecule has 18 heavy (non-hydrogen) atoms. The minimum Gasteiger partial charge on any atom is -0.481 e. The number of nitrogens with zero attached hydrogens (tertiary/aromatic N) is 4. The van der Waals surface area contributed by atoms with E-state index in [0.717, 1.165) is 17.7 Å². The number of carboxylic acid groups (broad SMARTS) is 1. The second-order valence-electron chi connectivity index (χ2n) is 3.85. The van der Waals surface area contributed by atoms with Crippen LogP contribution in [0.4, 0.5) is 5.82 Å². The van der Waals surface area contributed by atoms with Gasteiger partial charge in [-0.05, 0) is 13.3 Å². The third-order valence-corrected chi connectivity index (χ3v) is 2.60. The van der Waals surface area contributed by atoms with Crippen molar-refractivity contribution in [2.24, 2.45) is 0 Å². The van der Waals surface area contributed by atoms with Crippen LogP contribution in [0.15, 0.2) is 12.7 Å². The Labute approximate surface area is 104 Å². The van der Waals surface area contributed by atoms with Crippen LogP contribution in [0.3, 0.4) is 0 Å². The van der Waals surface area contributed by atoms with Crippen LogP contribution in [0, 0.1) is 0 Å². The van der Waals surface area contributed by atoms with E-state index in [1.54, 1.807) is 6.33 Å².